The van der Waals surface area contributed by atoms with Gasteiger partial charge in [-0.1, -0.05) is 36.4 Å². The van der Waals surface area contributed by atoms with E-state index in [-0.39, 0.29) is 11.9 Å². The zero-order valence-corrected chi connectivity index (χ0v) is 14.3. The van der Waals surface area contributed by atoms with Crippen LogP contribution in [0.15, 0.2) is 70.7 Å². The van der Waals surface area contributed by atoms with Crippen LogP contribution in [0.5, 0.6) is 0 Å². The van der Waals surface area contributed by atoms with Crippen LogP contribution in [0.4, 0.5) is 0 Å². The molecule has 5 heteroatoms. The highest BCUT2D eigenvalue weighted by Gasteiger charge is 2.18. The average molecular weight is 340 g/mol. The maximum atomic E-state index is 12.5. The zero-order chi connectivity index (χ0) is 16.8. The fourth-order valence-corrected chi connectivity index (χ4v) is 3.40. The molecule has 1 N–H and O–H groups in total. The van der Waals surface area contributed by atoms with Crippen molar-refractivity contribution in [2.75, 3.05) is 13.6 Å². The van der Waals surface area contributed by atoms with Gasteiger partial charge in [-0.25, -0.2) is 0 Å². The number of nitrogens with zero attached hydrogens (tertiary/aromatic N) is 1. The minimum Gasteiger partial charge on any atom is -0.468 e. The molecule has 0 aliphatic carbocycles. The number of carbonyl (C=O) groups is 1. The lowest BCUT2D eigenvalue weighted by Crippen LogP contribution is -2.37. The van der Waals surface area contributed by atoms with Gasteiger partial charge in [0, 0.05) is 4.88 Å². The number of furan rings is 1. The normalized spacial score (nSPS) is 12.2. The lowest BCUT2D eigenvalue weighted by molar-refractivity contribution is -0.122. The minimum absolute atomic E-state index is 0.00805. The van der Waals surface area contributed by atoms with Crippen molar-refractivity contribution >= 4 is 17.2 Å². The van der Waals surface area contributed by atoms with Gasteiger partial charge in [0.2, 0.25) is 5.91 Å². The summed E-state index contributed by atoms with van der Waals surface area (Å²) in [6, 6.07) is 17.7. The number of hydrogen-bond donors (Lipinski definition) is 1. The zero-order valence-electron chi connectivity index (χ0n) is 13.5. The Morgan fingerprint density at radius 3 is 2.67 bits per heavy atom. The predicted octanol–water partition coefficient (Wildman–Crippen LogP) is 3.68. The molecule has 0 saturated carbocycles. The van der Waals surface area contributed by atoms with Gasteiger partial charge in [-0.3, -0.25) is 9.69 Å². The van der Waals surface area contributed by atoms with E-state index < -0.39 is 0 Å². The standard InChI is InChI=1S/C19H20N2O2S/c1-21(13-16-9-5-11-23-16)14-18(22)20-19(17-10-6-12-24-17)15-7-3-2-4-8-15/h2-12,19H,13-14H2,1H3,(H,20,22). The Kier molecular flexibility index (Phi) is 5.46. The van der Waals surface area contributed by atoms with Gasteiger partial charge in [-0.2, -0.15) is 0 Å². The molecule has 4 nitrogen and oxygen atoms in total. The van der Waals surface area contributed by atoms with Crippen LogP contribution in [-0.4, -0.2) is 24.4 Å². The average Bonchev–Trinajstić information content (AvgIpc) is 3.27. The number of amides is 1. The van der Waals surface area contributed by atoms with Crippen molar-refractivity contribution in [3.8, 4) is 0 Å². The number of rotatable bonds is 7. The number of carbonyl (C=O) groups excluding carboxylic acids is 1. The third-order valence-corrected chi connectivity index (χ3v) is 4.62. The summed E-state index contributed by atoms with van der Waals surface area (Å²) in [4.78, 5) is 15.5. The first kappa shape index (κ1) is 16.5. The SMILES string of the molecule is CN(CC(=O)NC(c1ccccc1)c1cccs1)Cc1ccco1. The van der Waals surface area contributed by atoms with E-state index in [0.29, 0.717) is 13.1 Å². The Morgan fingerprint density at radius 2 is 2.00 bits per heavy atom. The predicted molar refractivity (Wildman–Crippen MR) is 95.8 cm³/mol. The lowest BCUT2D eigenvalue weighted by atomic mass is 10.1. The number of likely N-dealkylation sites (N-methyl/N-ethyl adjacent to an activating group) is 1. The highest BCUT2D eigenvalue weighted by Crippen LogP contribution is 2.25. The molecular weight excluding hydrogens is 320 g/mol. The number of nitrogens with one attached hydrogen (secondary N) is 1. The Bertz CT molecular complexity index is 739. The summed E-state index contributed by atoms with van der Waals surface area (Å²) in [7, 11) is 1.91. The second-order valence-corrected chi connectivity index (χ2v) is 6.66. The molecule has 0 spiro atoms. The van der Waals surface area contributed by atoms with Gasteiger partial charge in [0.15, 0.2) is 0 Å². The van der Waals surface area contributed by atoms with Gasteiger partial charge in [-0.05, 0) is 36.2 Å². The van der Waals surface area contributed by atoms with Crippen molar-refractivity contribution in [1.82, 2.24) is 10.2 Å². The molecule has 3 aromatic rings. The molecule has 0 saturated heterocycles. The summed E-state index contributed by atoms with van der Waals surface area (Å²) < 4.78 is 5.32. The van der Waals surface area contributed by atoms with Gasteiger partial charge in [-0.15, -0.1) is 11.3 Å². The van der Waals surface area contributed by atoms with Crippen LogP contribution in [-0.2, 0) is 11.3 Å². The van der Waals surface area contributed by atoms with Crippen molar-refractivity contribution in [2.24, 2.45) is 0 Å². The van der Waals surface area contributed by atoms with Crippen molar-refractivity contribution in [1.29, 1.82) is 0 Å². The molecule has 124 valence electrons. The summed E-state index contributed by atoms with van der Waals surface area (Å²) >= 11 is 1.65. The first-order chi connectivity index (χ1) is 11.7. The topological polar surface area (TPSA) is 45.5 Å². The second-order valence-electron chi connectivity index (χ2n) is 5.68. The number of benzene rings is 1. The van der Waals surface area contributed by atoms with Gasteiger partial charge in [0.05, 0.1) is 25.4 Å². The summed E-state index contributed by atoms with van der Waals surface area (Å²) in [6.45, 7) is 0.921. The van der Waals surface area contributed by atoms with Crippen LogP contribution in [0.2, 0.25) is 0 Å². The Morgan fingerprint density at radius 1 is 1.17 bits per heavy atom. The molecule has 1 aromatic carbocycles. The monoisotopic (exact) mass is 340 g/mol. The third-order valence-electron chi connectivity index (χ3n) is 3.69. The Hall–Kier alpha value is -2.37. The van der Waals surface area contributed by atoms with Crippen molar-refractivity contribution in [2.45, 2.75) is 12.6 Å². The van der Waals surface area contributed by atoms with E-state index in [4.69, 9.17) is 4.42 Å². The molecule has 0 radical (unpaired) electrons. The van der Waals surface area contributed by atoms with E-state index in [1.165, 1.54) is 0 Å². The van der Waals surface area contributed by atoms with Gasteiger partial charge >= 0.3 is 0 Å². The molecule has 0 bridgehead atoms. The molecule has 0 aliphatic rings. The van der Waals surface area contributed by atoms with Crippen molar-refractivity contribution < 1.29 is 9.21 Å². The van der Waals surface area contributed by atoms with E-state index in [0.717, 1.165) is 16.2 Å². The quantitative estimate of drug-likeness (QED) is 0.714. The van der Waals surface area contributed by atoms with Gasteiger partial charge < -0.3 is 9.73 Å². The van der Waals surface area contributed by atoms with E-state index in [1.54, 1.807) is 17.6 Å². The molecule has 0 fully saturated rings. The van der Waals surface area contributed by atoms with Crippen LogP contribution in [0.3, 0.4) is 0 Å². The minimum atomic E-state index is -0.115. The first-order valence-corrected chi connectivity index (χ1v) is 8.69. The van der Waals surface area contributed by atoms with Crippen LogP contribution in [0.25, 0.3) is 0 Å². The molecule has 3 rings (SSSR count). The largest absolute Gasteiger partial charge is 0.468 e. The van der Waals surface area contributed by atoms with Gasteiger partial charge in [0.25, 0.3) is 0 Å². The van der Waals surface area contributed by atoms with Crippen molar-refractivity contribution in [3.63, 3.8) is 0 Å². The lowest BCUT2D eigenvalue weighted by Gasteiger charge is -2.20. The fourth-order valence-electron chi connectivity index (χ4n) is 2.60. The van der Waals surface area contributed by atoms with Crippen molar-refractivity contribution in [3.05, 3.63) is 82.4 Å². The summed E-state index contributed by atoms with van der Waals surface area (Å²) in [5, 5.41) is 5.17. The molecular formula is C19H20N2O2S. The highest BCUT2D eigenvalue weighted by atomic mass is 32.1. The molecule has 0 aliphatic heterocycles. The van der Waals surface area contributed by atoms with Gasteiger partial charge in [0.1, 0.15) is 5.76 Å². The second kappa shape index (κ2) is 7.95. The number of hydrogen-bond acceptors (Lipinski definition) is 4. The van der Waals surface area contributed by atoms with E-state index in [2.05, 4.69) is 11.4 Å². The number of thiophene rings is 1. The maximum Gasteiger partial charge on any atom is 0.234 e. The van der Waals surface area contributed by atoms with Crippen LogP contribution < -0.4 is 5.32 Å². The van der Waals surface area contributed by atoms with Crippen LogP contribution in [0, 0.1) is 0 Å². The smallest absolute Gasteiger partial charge is 0.234 e. The highest BCUT2D eigenvalue weighted by molar-refractivity contribution is 7.10. The molecule has 1 unspecified atom stereocenters. The Labute approximate surface area is 145 Å². The molecule has 2 heterocycles. The third kappa shape index (κ3) is 4.34. The summed E-state index contributed by atoms with van der Waals surface area (Å²) in [5.74, 6) is 0.842. The molecule has 2 aromatic heterocycles. The van der Waals surface area contributed by atoms with E-state index >= 15 is 0 Å². The first-order valence-electron chi connectivity index (χ1n) is 7.81. The van der Waals surface area contributed by atoms with Crippen LogP contribution >= 0.6 is 11.3 Å². The molecule has 1 amide bonds. The van der Waals surface area contributed by atoms with E-state index in [1.807, 2.05) is 65.9 Å². The van der Waals surface area contributed by atoms with Crippen LogP contribution in [0.1, 0.15) is 22.2 Å². The fraction of sp³-hybridized carbons (Fsp3) is 0.211. The Balaban J connectivity index is 1.65. The summed E-state index contributed by atoms with van der Waals surface area (Å²) in [6.07, 6.45) is 1.64. The molecule has 1 atom stereocenters. The maximum absolute atomic E-state index is 12.5. The summed E-state index contributed by atoms with van der Waals surface area (Å²) in [5.41, 5.74) is 1.09. The van der Waals surface area contributed by atoms with E-state index in [9.17, 15) is 4.79 Å². The molecule has 24 heavy (non-hydrogen) atoms.